The Morgan fingerprint density at radius 2 is 1.80 bits per heavy atom. The molecule has 0 radical (unpaired) electrons. The molecule has 1 spiro atoms. The minimum Gasteiger partial charge on any atom is -0.463 e. The predicted molar refractivity (Wildman–Crippen MR) is 63.9 cm³/mol. The molecule has 2 aliphatic heterocycles. The highest BCUT2D eigenvalue weighted by atomic mass is 32.2. The van der Waals surface area contributed by atoms with Gasteiger partial charge in [-0.1, -0.05) is 23.5 Å². The third-order valence-electron chi connectivity index (χ3n) is 3.10. The molecule has 0 unspecified atom stereocenters. The van der Waals surface area contributed by atoms with E-state index < -0.39 is 4.27 Å². The summed E-state index contributed by atoms with van der Waals surface area (Å²) in [7, 11) is 0. The molecule has 1 saturated heterocycles. The van der Waals surface area contributed by atoms with Crippen LogP contribution in [0.1, 0.15) is 32.1 Å². The van der Waals surface area contributed by atoms with Crippen LogP contribution in [0.3, 0.4) is 0 Å². The van der Waals surface area contributed by atoms with Gasteiger partial charge in [-0.15, -0.1) is 0 Å². The van der Waals surface area contributed by atoms with E-state index in [0.29, 0.717) is 0 Å². The summed E-state index contributed by atoms with van der Waals surface area (Å²) in [6.07, 6.45) is 5.44. The standard InChI is InChI=1S/C11H14O2S2/c12-10-8-4-1-2-5-9(8)13-11(10)14-6-3-7-15-11/h1-7H2. The number of thioether (sulfide) groups is 2. The van der Waals surface area contributed by atoms with Gasteiger partial charge >= 0.3 is 0 Å². The molecule has 0 N–H and O–H groups in total. The number of carbonyl (C=O) groups is 1. The fraction of sp³-hybridized carbons (Fsp3) is 0.727. The zero-order valence-electron chi connectivity index (χ0n) is 8.58. The van der Waals surface area contributed by atoms with E-state index >= 15 is 0 Å². The maximum atomic E-state index is 12.3. The Kier molecular flexibility index (Phi) is 2.51. The van der Waals surface area contributed by atoms with Gasteiger partial charge in [0.2, 0.25) is 5.78 Å². The van der Waals surface area contributed by atoms with Crippen molar-refractivity contribution in [2.75, 3.05) is 11.5 Å². The molecule has 1 fully saturated rings. The fourth-order valence-electron chi connectivity index (χ4n) is 2.33. The lowest BCUT2D eigenvalue weighted by atomic mass is 9.96. The van der Waals surface area contributed by atoms with Crippen molar-refractivity contribution in [3.05, 3.63) is 11.3 Å². The van der Waals surface area contributed by atoms with Gasteiger partial charge in [0, 0.05) is 12.0 Å². The monoisotopic (exact) mass is 242 g/mol. The lowest BCUT2D eigenvalue weighted by Crippen LogP contribution is -2.33. The zero-order chi connectivity index (χ0) is 10.3. The van der Waals surface area contributed by atoms with Crippen LogP contribution >= 0.6 is 23.5 Å². The molecule has 0 atom stereocenters. The summed E-state index contributed by atoms with van der Waals surface area (Å²) in [6, 6.07) is 0. The smallest absolute Gasteiger partial charge is 0.264 e. The van der Waals surface area contributed by atoms with Gasteiger partial charge in [-0.05, 0) is 37.2 Å². The first kappa shape index (κ1) is 10.1. The van der Waals surface area contributed by atoms with Crippen molar-refractivity contribution in [3.63, 3.8) is 0 Å². The second kappa shape index (κ2) is 3.74. The fourth-order valence-corrected chi connectivity index (χ4v) is 5.29. The topological polar surface area (TPSA) is 26.3 Å². The zero-order valence-corrected chi connectivity index (χ0v) is 10.2. The lowest BCUT2D eigenvalue weighted by Gasteiger charge is -2.30. The molecule has 15 heavy (non-hydrogen) atoms. The maximum Gasteiger partial charge on any atom is 0.264 e. The van der Waals surface area contributed by atoms with Gasteiger partial charge in [0.1, 0.15) is 5.76 Å². The summed E-state index contributed by atoms with van der Waals surface area (Å²) in [4.78, 5) is 12.3. The first-order valence-electron chi connectivity index (χ1n) is 5.56. The van der Waals surface area contributed by atoms with Crippen molar-refractivity contribution in [3.8, 4) is 0 Å². The number of rotatable bonds is 0. The number of Topliss-reactive ketones (excluding diaryl/α,β-unsaturated/α-hetero) is 1. The quantitative estimate of drug-likeness (QED) is 0.652. The molecule has 1 aliphatic carbocycles. The Balaban J connectivity index is 1.88. The van der Waals surface area contributed by atoms with Crippen LogP contribution in [0.2, 0.25) is 0 Å². The largest absolute Gasteiger partial charge is 0.463 e. The highest BCUT2D eigenvalue weighted by molar-refractivity contribution is 8.19. The molecule has 0 aromatic rings. The van der Waals surface area contributed by atoms with Crippen LogP contribution in [0.5, 0.6) is 0 Å². The van der Waals surface area contributed by atoms with Crippen molar-refractivity contribution >= 4 is 29.3 Å². The van der Waals surface area contributed by atoms with E-state index in [4.69, 9.17) is 4.74 Å². The van der Waals surface area contributed by atoms with Crippen LogP contribution in [-0.2, 0) is 9.53 Å². The SMILES string of the molecule is O=C1C2=C(CCCC2)OC12SCCCS2. The highest BCUT2D eigenvalue weighted by Crippen LogP contribution is 2.52. The van der Waals surface area contributed by atoms with E-state index in [1.807, 2.05) is 0 Å². The van der Waals surface area contributed by atoms with Gasteiger partial charge in [-0.2, -0.15) is 0 Å². The Morgan fingerprint density at radius 3 is 2.53 bits per heavy atom. The first-order valence-corrected chi connectivity index (χ1v) is 7.53. The second-order valence-electron chi connectivity index (χ2n) is 4.15. The van der Waals surface area contributed by atoms with Crippen LogP contribution < -0.4 is 0 Å². The average Bonchev–Trinajstić information content (AvgIpc) is 2.54. The molecule has 2 nitrogen and oxygen atoms in total. The minimum absolute atomic E-state index is 0.270. The van der Waals surface area contributed by atoms with Gasteiger partial charge in [0.15, 0.2) is 0 Å². The van der Waals surface area contributed by atoms with Crippen molar-refractivity contribution in [1.29, 1.82) is 0 Å². The summed E-state index contributed by atoms with van der Waals surface area (Å²) in [5, 5.41) is 0. The van der Waals surface area contributed by atoms with Crippen LogP contribution in [-0.4, -0.2) is 21.6 Å². The molecular weight excluding hydrogens is 228 g/mol. The van der Waals surface area contributed by atoms with Crippen LogP contribution in [0.15, 0.2) is 11.3 Å². The van der Waals surface area contributed by atoms with Gasteiger partial charge in [0.25, 0.3) is 4.27 Å². The Morgan fingerprint density at radius 1 is 1.07 bits per heavy atom. The summed E-state index contributed by atoms with van der Waals surface area (Å²) < 4.78 is 5.40. The van der Waals surface area contributed by atoms with Crippen molar-refractivity contribution in [2.24, 2.45) is 0 Å². The second-order valence-corrected chi connectivity index (χ2v) is 6.95. The summed E-state index contributed by atoms with van der Waals surface area (Å²) in [6.45, 7) is 0. The van der Waals surface area contributed by atoms with E-state index in [9.17, 15) is 4.79 Å². The summed E-state index contributed by atoms with van der Waals surface area (Å²) in [5.41, 5.74) is 1.00. The number of ether oxygens (including phenoxy) is 1. The normalized spacial score (nSPS) is 29.2. The third kappa shape index (κ3) is 1.53. The van der Waals surface area contributed by atoms with E-state index in [-0.39, 0.29) is 5.78 Å². The number of ketones is 1. The molecule has 0 aromatic heterocycles. The maximum absolute atomic E-state index is 12.3. The molecule has 0 aromatic carbocycles. The van der Waals surface area contributed by atoms with E-state index in [1.165, 1.54) is 12.8 Å². The van der Waals surface area contributed by atoms with Gasteiger partial charge in [-0.3, -0.25) is 4.79 Å². The van der Waals surface area contributed by atoms with Crippen molar-refractivity contribution in [1.82, 2.24) is 0 Å². The van der Waals surface area contributed by atoms with Gasteiger partial charge < -0.3 is 4.74 Å². The Hall–Kier alpha value is -0.0900. The summed E-state index contributed by atoms with van der Waals surface area (Å²) in [5.74, 6) is 3.39. The van der Waals surface area contributed by atoms with Crippen LogP contribution in [0.25, 0.3) is 0 Å². The number of allylic oxidation sites excluding steroid dienone is 1. The van der Waals surface area contributed by atoms with Crippen LogP contribution in [0, 0.1) is 0 Å². The summed E-state index contributed by atoms with van der Waals surface area (Å²) >= 11 is 3.39. The third-order valence-corrected chi connectivity index (χ3v) is 6.09. The Bertz CT molecular complexity index is 329. The molecule has 0 saturated carbocycles. The number of hydrogen-bond acceptors (Lipinski definition) is 4. The highest BCUT2D eigenvalue weighted by Gasteiger charge is 2.51. The van der Waals surface area contributed by atoms with E-state index in [1.54, 1.807) is 23.5 Å². The van der Waals surface area contributed by atoms with Gasteiger partial charge in [-0.25, -0.2) is 0 Å². The van der Waals surface area contributed by atoms with Crippen LogP contribution in [0.4, 0.5) is 0 Å². The van der Waals surface area contributed by atoms with Crippen molar-refractivity contribution < 1.29 is 9.53 Å². The average molecular weight is 242 g/mol. The molecule has 4 heteroatoms. The predicted octanol–water partition coefficient (Wildman–Crippen LogP) is 2.94. The minimum atomic E-state index is -0.562. The van der Waals surface area contributed by atoms with E-state index in [0.717, 1.165) is 42.1 Å². The molecule has 0 bridgehead atoms. The molecule has 82 valence electrons. The molecular formula is C11H14O2S2. The molecule has 3 rings (SSSR count). The Labute approximate surface area is 98.2 Å². The van der Waals surface area contributed by atoms with Gasteiger partial charge in [0.05, 0.1) is 0 Å². The van der Waals surface area contributed by atoms with Crippen molar-refractivity contribution in [2.45, 2.75) is 36.4 Å². The number of carbonyl (C=O) groups excluding carboxylic acids is 1. The number of hydrogen-bond donors (Lipinski definition) is 0. The molecule has 0 amide bonds. The molecule has 2 heterocycles. The molecule has 3 aliphatic rings. The first-order chi connectivity index (χ1) is 7.32. The lowest BCUT2D eigenvalue weighted by molar-refractivity contribution is -0.119. The van der Waals surface area contributed by atoms with E-state index in [2.05, 4.69) is 0 Å².